The zero-order valence-corrected chi connectivity index (χ0v) is 23.8. The molecule has 0 nitrogen and oxygen atoms in total. The molecule has 2 unspecified atom stereocenters. The second kappa shape index (κ2) is 14.2. The fraction of sp³-hybridized carbons (Fsp3) is 1.00. The van der Waals surface area contributed by atoms with Crippen molar-refractivity contribution in [1.29, 1.82) is 0 Å². The van der Waals surface area contributed by atoms with Crippen LogP contribution in [0.3, 0.4) is 0 Å². The molecule has 4 heteroatoms. The van der Waals surface area contributed by atoms with Crippen LogP contribution in [0.5, 0.6) is 0 Å². The summed E-state index contributed by atoms with van der Waals surface area (Å²) in [5.41, 5.74) is 0. The van der Waals surface area contributed by atoms with Gasteiger partial charge in [0.05, 0.1) is 0 Å². The van der Waals surface area contributed by atoms with Crippen molar-refractivity contribution < 1.29 is 0 Å². The first kappa shape index (κ1) is 28.1. The summed E-state index contributed by atoms with van der Waals surface area (Å²) in [4.78, 5) is 0. The molecule has 0 aliphatic heterocycles. The van der Waals surface area contributed by atoms with E-state index >= 15 is 0 Å². The number of thiol groups is 1. The van der Waals surface area contributed by atoms with Crippen LogP contribution in [0.1, 0.15) is 79.1 Å². The molecule has 0 rings (SSSR count). The number of unbranched alkanes of at least 4 members (excludes halogenated alkanes) is 1. The average Bonchev–Trinajstić information content (AvgIpc) is 2.61. The van der Waals surface area contributed by atoms with E-state index in [1.54, 1.807) is 0 Å². The Morgan fingerprint density at radius 2 is 1.33 bits per heavy atom. The molecular weight excluding hydrogens is 397 g/mol. The largest absolute Gasteiger partial charge is 0.173 e. The Bertz CT molecular complexity index is 343. The highest BCUT2D eigenvalue weighted by Gasteiger charge is 2.20. The second-order valence-corrected chi connectivity index (χ2v) is 24.2. The maximum absolute atomic E-state index is 4.85. The van der Waals surface area contributed by atoms with Crippen LogP contribution in [-0.2, 0) is 0 Å². The summed E-state index contributed by atoms with van der Waals surface area (Å²) < 4.78 is 0.239. The van der Waals surface area contributed by atoms with Crippen LogP contribution in [0.25, 0.3) is 0 Å². The van der Waals surface area contributed by atoms with E-state index in [2.05, 4.69) is 65.6 Å². The van der Waals surface area contributed by atoms with Gasteiger partial charge in [-0.2, -0.15) is 24.4 Å². The third kappa shape index (κ3) is 15.6. The molecule has 164 valence electrons. The minimum Gasteiger partial charge on any atom is -0.173 e. The average molecular weight is 449 g/mol. The Hall–Kier alpha value is 1.13. The van der Waals surface area contributed by atoms with E-state index in [1.165, 1.54) is 81.3 Å². The predicted molar refractivity (Wildman–Crippen MR) is 142 cm³/mol. The van der Waals surface area contributed by atoms with Crippen LogP contribution in [0.2, 0.25) is 50.4 Å². The number of rotatable bonds is 17. The van der Waals surface area contributed by atoms with E-state index in [1.807, 2.05) is 0 Å². The highest BCUT2D eigenvalue weighted by atomic mass is 32.2. The molecule has 27 heavy (non-hydrogen) atoms. The van der Waals surface area contributed by atoms with Gasteiger partial charge in [0, 0.05) is 26.1 Å². The van der Waals surface area contributed by atoms with Crippen LogP contribution >= 0.6 is 24.4 Å². The van der Waals surface area contributed by atoms with Crippen molar-refractivity contribution in [3.05, 3.63) is 0 Å². The molecule has 0 bridgehead atoms. The molecule has 0 aromatic carbocycles. The fourth-order valence-corrected chi connectivity index (χ4v) is 8.10. The number of hydrogen-bond donors (Lipinski definition) is 1. The predicted octanol–water partition coefficient (Wildman–Crippen LogP) is 9.37. The van der Waals surface area contributed by atoms with E-state index in [-0.39, 0.29) is 4.75 Å². The maximum atomic E-state index is 4.85. The highest BCUT2D eigenvalue weighted by molar-refractivity contribution is 7.99. The standard InChI is InChI=1S/C23H52S2Si2/c1-9-23(4,24)18-14-17-22(16-12-13-20-26(5,6)10-2)25-19-15-21-27(7,8)11-3/h22,24H,9-21H2,1-8H3. The molecule has 0 fully saturated rings. The SMILES string of the molecule is CCC(C)(S)CCCC(CCCC[Si](C)(C)CC)SCCC[Si](C)(C)CC. The normalized spacial score (nSPS) is 16.3. The van der Waals surface area contributed by atoms with Gasteiger partial charge in [-0.1, -0.05) is 97.3 Å². The minimum absolute atomic E-state index is 0.239. The molecule has 0 aromatic heterocycles. The van der Waals surface area contributed by atoms with Crippen molar-refractivity contribution in [2.45, 2.75) is 139 Å². The van der Waals surface area contributed by atoms with E-state index in [4.69, 9.17) is 12.6 Å². The van der Waals surface area contributed by atoms with Gasteiger partial charge in [-0.15, -0.1) is 0 Å². The summed E-state index contributed by atoms with van der Waals surface area (Å²) in [6, 6.07) is 5.93. The first-order valence-corrected chi connectivity index (χ1v) is 20.1. The minimum atomic E-state index is -0.880. The van der Waals surface area contributed by atoms with E-state index in [9.17, 15) is 0 Å². The third-order valence-corrected chi connectivity index (χ3v) is 16.1. The van der Waals surface area contributed by atoms with Gasteiger partial charge >= 0.3 is 0 Å². The van der Waals surface area contributed by atoms with Crippen LogP contribution in [0.15, 0.2) is 0 Å². The molecule has 0 aromatic rings. The van der Waals surface area contributed by atoms with E-state index < -0.39 is 16.1 Å². The second-order valence-electron chi connectivity index (χ2n) is 10.6. The molecule has 0 aliphatic carbocycles. The summed E-state index contributed by atoms with van der Waals surface area (Å²) >= 11 is 7.15. The molecule has 0 amide bonds. The molecule has 0 saturated carbocycles. The van der Waals surface area contributed by atoms with Gasteiger partial charge < -0.3 is 0 Å². The molecule has 0 radical (unpaired) electrons. The molecular formula is C23H52S2Si2. The van der Waals surface area contributed by atoms with Gasteiger partial charge in [-0.25, -0.2) is 0 Å². The van der Waals surface area contributed by atoms with Crippen LogP contribution in [0, 0.1) is 0 Å². The van der Waals surface area contributed by atoms with Crippen molar-refractivity contribution in [2.75, 3.05) is 5.75 Å². The lowest BCUT2D eigenvalue weighted by atomic mass is 9.98. The molecule has 0 N–H and O–H groups in total. The Balaban J connectivity index is 4.31. The van der Waals surface area contributed by atoms with Crippen molar-refractivity contribution in [2.24, 2.45) is 0 Å². The topological polar surface area (TPSA) is 0 Å². The quantitative estimate of drug-likeness (QED) is 0.131. The summed E-state index contributed by atoms with van der Waals surface area (Å²) in [7, 11) is -1.75. The van der Waals surface area contributed by atoms with E-state index in [0.717, 1.165) is 5.25 Å². The Kier molecular flexibility index (Phi) is 14.8. The molecule has 0 heterocycles. The van der Waals surface area contributed by atoms with Crippen LogP contribution in [0.4, 0.5) is 0 Å². The summed E-state index contributed by atoms with van der Waals surface area (Å²) in [5, 5.41) is 0.892. The molecule has 0 aliphatic rings. The van der Waals surface area contributed by atoms with Crippen molar-refractivity contribution in [1.82, 2.24) is 0 Å². The fourth-order valence-electron chi connectivity index (χ4n) is 3.33. The van der Waals surface area contributed by atoms with Gasteiger partial charge in [-0.05, 0) is 37.9 Å². The highest BCUT2D eigenvalue weighted by Crippen LogP contribution is 2.30. The zero-order chi connectivity index (χ0) is 21.0. The van der Waals surface area contributed by atoms with E-state index in [0.29, 0.717) is 0 Å². The molecule has 0 spiro atoms. The molecule has 2 atom stereocenters. The summed E-state index contributed by atoms with van der Waals surface area (Å²) in [6.07, 6.45) is 11.0. The number of thioether (sulfide) groups is 1. The van der Waals surface area contributed by atoms with Gasteiger partial charge in [0.2, 0.25) is 0 Å². The zero-order valence-electron chi connectivity index (χ0n) is 20.1. The van der Waals surface area contributed by atoms with Crippen LogP contribution in [-0.4, -0.2) is 31.9 Å². The summed E-state index contributed by atoms with van der Waals surface area (Å²) in [6.45, 7) is 19.6. The van der Waals surface area contributed by atoms with Crippen molar-refractivity contribution in [3.8, 4) is 0 Å². The van der Waals surface area contributed by atoms with Gasteiger partial charge in [0.25, 0.3) is 0 Å². The molecule has 0 saturated heterocycles. The Morgan fingerprint density at radius 3 is 1.85 bits per heavy atom. The number of hydrogen-bond acceptors (Lipinski definition) is 2. The first-order chi connectivity index (χ1) is 12.5. The first-order valence-electron chi connectivity index (χ1n) is 11.8. The van der Waals surface area contributed by atoms with Crippen molar-refractivity contribution in [3.63, 3.8) is 0 Å². The lowest BCUT2D eigenvalue weighted by molar-refractivity contribution is 0.516. The lowest BCUT2D eigenvalue weighted by Gasteiger charge is -2.24. The van der Waals surface area contributed by atoms with Gasteiger partial charge in [0.1, 0.15) is 0 Å². The summed E-state index contributed by atoms with van der Waals surface area (Å²) in [5.74, 6) is 1.39. The lowest BCUT2D eigenvalue weighted by Crippen LogP contribution is -2.23. The van der Waals surface area contributed by atoms with Gasteiger partial charge in [0.15, 0.2) is 0 Å². The smallest absolute Gasteiger partial charge is 0.0471 e. The van der Waals surface area contributed by atoms with Crippen LogP contribution < -0.4 is 0 Å². The Morgan fingerprint density at radius 1 is 0.815 bits per heavy atom. The third-order valence-electron chi connectivity index (χ3n) is 6.90. The van der Waals surface area contributed by atoms with Crippen molar-refractivity contribution >= 4 is 40.5 Å². The van der Waals surface area contributed by atoms with Gasteiger partial charge in [-0.3, -0.25) is 0 Å². The monoisotopic (exact) mass is 448 g/mol. The Labute approximate surface area is 185 Å². The maximum Gasteiger partial charge on any atom is 0.0471 e.